The van der Waals surface area contributed by atoms with Crippen molar-refractivity contribution in [3.05, 3.63) is 28.2 Å². The van der Waals surface area contributed by atoms with E-state index in [9.17, 15) is 0 Å². The normalized spacial score (nSPS) is 21.6. The van der Waals surface area contributed by atoms with Gasteiger partial charge in [-0.1, -0.05) is 22.0 Å². The summed E-state index contributed by atoms with van der Waals surface area (Å²) in [7, 11) is 0. The molecule has 4 heteroatoms. The van der Waals surface area contributed by atoms with E-state index >= 15 is 0 Å². The van der Waals surface area contributed by atoms with Gasteiger partial charge in [0.25, 0.3) is 0 Å². The van der Waals surface area contributed by atoms with Crippen LogP contribution < -0.4 is 10.5 Å². The zero-order valence-corrected chi connectivity index (χ0v) is 12.3. The summed E-state index contributed by atoms with van der Waals surface area (Å²) in [4.78, 5) is 0. The Kier molecular flexibility index (Phi) is 5.03. The van der Waals surface area contributed by atoms with Gasteiger partial charge in [-0.05, 0) is 43.9 Å². The molecule has 1 saturated heterocycles. The Balaban J connectivity index is 1.91. The molecular formula is C14H20BrNO2. The Bertz CT molecular complexity index is 389. The zero-order chi connectivity index (χ0) is 13.0. The fraction of sp³-hybridized carbons (Fsp3) is 0.571. The largest absolute Gasteiger partial charge is 0.491 e. The monoisotopic (exact) mass is 313 g/mol. The standard InChI is InChI=1S/C14H20BrNO2/c1-10(16)13-6-5-11(8-14(13)15)18-9-12-4-2-3-7-17-12/h5-6,8,10,12H,2-4,7,9,16H2,1H3/t10-,12?/m0/s1. The van der Waals surface area contributed by atoms with Crippen molar-refractivity contribution in [3.8, 4) is 5.75 Å². The van der Waals surface area contributed by atoms with Crippen LogP contribution in [0.2, 0.25) is 0 Å². The second kappa shape index (κ2) is 6.55. The maximum absolute atomic E-state index is 5.86. The molecule has 0 bridgehead atoms. The maximum atomic E-state index is 5.86. The average molecular weight is 314 g/mol. The van der Waals surface area contributed by atoms with Crippen LogP contribution in [0.5, 0.6) is 5.75 Å². The Hall–Kier alpha value is -0.580. The SMILES string of the molecule is C[C@H](N)c1ccc(OCC2CCCCO2)cc1Br. The van der Waals surface area contributed by atoms with Crippen LogP contribution in [0, 0.1) is 0 Å². The summed E-state index contributed by atoms with van der Waals surface area (Å²) in [6, 6.07) is 5.97. The smallest absolute Gasteiger partial charge is 0.120 e. The molecule has 2 rings (SSSR count). The lowest BCUT2D eigenvalue weighted by Crippen LogP contribution is -2.25. The van der Waals surface area contributed by atoms with Crippen LogP contribution in [-0.4, -0.2) is 19.3 Å². The molecule has 1 aliphatic rings. The van der Waals surface area contributed by atoms with Crippen molar-refractivity contribution in [2.24, 2.45) is 5.73 Å². The van der Waals surface area contributed by atoms with Crippen LogP contribution in [0.3, 0.4) is 0 Å². The molecule has 1 aromatic carbocycles. The van der Waals surface area contributed by atoms with E-state index < -0.39 is 0 Å². The van der Waals surface area contributed by atoms with Gasteiger partial charge in [0.05, 0.1) is 6.10 Å². The molecule has 1 unspecified atom stereocenters. The number of benzene rings is 1. The highest BCUT2D eigenvalue weighted by molar-refractivity contribution is 9.10. The first-order valence-corrected chi connectivity index (χ1v) is 7.25. The van der Waals surface area contributed by atoms with Crippen LogP contribution >= 0.6 is 15.9 Å². The van der Waals surface area contributed by atoms with E-state index in [1.165, 1.54) is 12.8 Å². The molecule has 2 atom stereocenters. The first-order valence-electron chi connectivity index (χ1n) is 6.46. The quantitative estimate of drug-likeness (QED) is 0.926. The minimum absolute atomic E-state index is 0.0232. The summed E-state index contributed by atoms with van der Waals surface area (Å²) < 4.78 is 12.4. The summed E-state index contributed by atoms with van der Waals surface area (Å²) in [5, 5.41) is 0. The first-order chi connectivity index (χ1) is 8.66. The number of nitrogens with two attached hydrogens (primary N) is 1. The van der Waals surface area contributed by atoms with E-state index in [1.807, 2.05) is 25.1 Å². The maximum Gasteiger partial charge on any atom is 0.120 e. The van der Waals surface area contributed by atoms with Gasteiger partial charge < -0.3 is 15.2 Å². The van der Waals surface area contributed by atoms with E-state index in [-0.39, 0.29) is 12.1 Å². The predicted molar refractivity (Wildman–Crippen MR) is 75.8 cm³/mol. The van der Waals surface area contributed by atoms with Gasteiger partial charge in [0.2, 0.25) is 0 Å². The molecule has 0 amide bonds. The van der Waals surface area contributed by atoms with Crippen molar-refractivity contribution >= 4 is 15.9 Å². The van der Waals surface area contributed by atoms with Gasteiger partial charge in [-0.25, -0.2) is 0 Å². The minimum Gasteiger partial charge on any atom is -0.491 e. The molecule has 0 saturated carbocycles. The fourth-order valence-corrected chi connectivity index (χ4v) is 2.81. The third-order valence-electron chi connectivity index (χ3n) is 3.17. The molecule has 1 aliphatic heterocycles. The highest BCUT2D eigenvalue weighted by atomic mass is 79.9. The molecule has 100 valence electrons. The summed E-state index contributed by atoms with van der Waals surface area (Å²) >= 11 is 3.52. The minimum atomic E-state index is 0.0232. The van der Waals surface area contributed by atoms with E-state index in [0.29, 0.717) is 6.61 Å². The van der Waals surface area contributed by atoms with Gasteiger partial charge in [-0.15, -0.1) is 0 Å². The third kappa shape index (κ3) is 3.70. The highest BCUT2D eigenvalue weighted by Gasteiger charge is 2.14. The van der Waals surface area contributed by atoms with Gasteiger partial charge in [0.15, 0.2) is 0 Å². The van der Waals surface area contributed by atoms with Crippen molar-refractivity contribution in [2.45, 2.75) is 38.3 Å². The molecule has 0 radical (unpaired) electrons. The second-order valence-corrected chi connectivity index (χ2v) is 5.63. The number of hydrogen-bond acceptors (Lipinski definition) is 3. The van der Waals surface area contributed by atoms with E-state index in [2.05, 4.69) is 15.9 Å². The predicted octanol–water partition coefficient (Wildman–Crippen LogP) is 3.42. The zero-order valence-electron chi connectivity index (χ0n) is 10.7. The number of hydrogen-bond donors (Lipinski definition) is 1. The van der Waals surface area contributed by atoms with Crippen LogP contribution in [0.4, 0.5) is 0 Å². The average Bonchev–Trinajstić information content (AvgIpc) is 2.37. The number of rotatable bonds is 4. The van der Waals surface area contributed by atoms with Crippen LogP contribution in [0.1, 0.15) is 37.8 Å². The van der Waals surface area contributed by atoms with Gasteiger partial charge in [0, 0.05) is 17.1 Å². The highest BCUT2D eigenvalue weighted by Crippen LogP contribution is 2.27. The Labute approximate surface area is 117 Å². The van der Waals surface area contributed by atoms with Crippen LogP contribution in [-0.2, 0) is 4.74 Å². The second-order valence-electron chi connectivity index (χ2n) is 4.77. The first kappa shape index (κ1) is 13.8. The van der Waals surface area contributed by atoms with Crippen LogP contribution in [0.25, 0.3) is 0 Å². The molecule has 0 spiro atoms. The summed E-state index contributed by atoms with van der Waals surface area (Å²) in [5.74, 6) is 0.862. The van der Waals surface area contributed by atoms with Crippen LogP contribution in [0.15, 0.2) is 22.7 Å². The van der Waals surface area contributed by atoms with Crippen molar-refractivity contribution < 1.29 is 9.47 Å². The lowest BCUT2D eigenvalue weighted by Gasteiger charge is -2.22. The molecule has 1 aromatic rings. The summed E-state index contributed by atoms with van der Waals surface area (Å²) in [6.07, 6.45) is 3.75. The van der Waals surface area contributed by atoms with Gasteiger partial charge in [0.1, 0.15) is 12.4 Å². The Morgan fingerprint density at radius 1 is 1.50 bits per heavy atom. The molecule has 2 N–H and O–H groups in total. The lowest BCUT2D eigenvalue weighted by atomic mass is 10.1. The van der Waals surface area contributed by atoms with E-state index in [1.54, 1.807) is 0 Å². The third-order valence-corrected chi connectivity index (χ3v) is 3.86. The number of ether oxygens (including phenoxy) is 2. The lowest BCUT2D eigenvalue weighted by molar-refractivity contribution is -0.0110. The van der Waals surface area contributed by atoms with Crippen molar-refractivity contribution in [1.29, 1.82) is 0 Å². The fourth-order valence-electron chi connectivity index (χ4n) is 2.09. The van der Waals surface area contributed by atoms with Gasteiger partial charge in [-0.3, -0.25) is 0 Å². The molecule has 0 aliphatic carbocycles. The molecule has 18 heavy (non-hydrogen) atoms. The molecule has 0 aromatic heterocycles. The molecule has 1 heterocycles. The Morgan fingerprint density at radius 3 is 2.94 bits per heavy atom. The Morgan fingerprint density at radius 2 is 2.33 bits per heavy atom. The van der Waals surface area contributed by atoms with Crippen molar-refractivity contribution in [2.75, 3.05) is 13.2 Å². The molecular weight excluding hydrogens is 294 g/mol. The van der Waals surface area contributed by atoms with E-state index in [0.717, 1.165) is 28.8 Å². The number of halogens is 1. The van der Waals surface area contributed by atoms with Gasteiger partial charge in [-0.2, -0.15) is 0 Å². The summed E-state index contributed by atoms with van der Waals surface area (Å²) in [5.41, 5.74) is 6.96. The van der Waals surface area contributed by atoms with E-state index in [4.69, 9.17) is 15.2 Å². The molecule has 1 fully saturated rings. The summed E-state index contributed by atoms with van der Waals surface area (Å²) in [6.45, 7) is 3.46. The van der Waals surface area contributed by atoms with Gasteiger partial charge >= 0.3 is 0 Å². The molecule has 3 nitrogen and oxygen atoms in total. The topological polar surface area (TPSA) is 44.5 Å². The van der Waals surface area contributed by atoms with Crippen molar-refractivity contribution in [3.63, 3.8) is 0 Å². The van der Waals surface area contributed by atoms with Crippen molar-refractivity contribution in [1.82, 2.24) is 0 Å².